The fourth-order valence-electron chi connectivity index (χ4n) is 3.19. The van der Waals surface area contributed by atoms with Crippen LogP contribution in [0.2, 0.25) is 0 Å². The molecular weight excluding hydrogens is 266 g/mol. The van der Waals surface area contributed by atoms with Gasteiger partial charge in [-0.3, -0.25) is 4.90 Å². The predicted molar refractivity (Wildman–Crippen MR) is 67.3 cm³/mol. The first-order valence-corrected chi connectivity index (χ1v) is 6.72. The van der Waals surface area contributed by atoms with E-state index in [1.54, 1.807) is 0 Å². The smallest absolute Gasteiger partial charge is 0.106 e. The number of aliphatic hydroxyl groups is 1. The van der Waals surface area contributed by atoms with Crippen molar-refractivity contribution in [1.82, 2.24) is 4.90 Å². The molecule has 0 radical (unpaired) electrons. The topological polar surface area (TPSA) is 23.5 Å². The summed E-state index contributed by atoms with van der Waals surface area (Å²) >= 11 is 3.44. The molecule has 1 aromatic carbocycles. The Morgan fingerprint density at radius 2 is 2.00 bits per heavy atom. The normalized spacial score (nSPS) is 34.2. The number of hydrogen-bond acceptors (Lipinski definition) is 2. The van der Waals surface area contributed by atoms with Gasteiger partial charge in [-0.1, -0.05) is 28.1 Å². The molecule has 2 aliphatic heterocycles. The van der Waals surface area contributed by atoms with Gasteiger partial charge in [-0.05, 0) is 43.5 Å². The molecule has 16 heavy (non-hydrogen) atoms. The highest BCUT2D eigenvalue weighted by Crippen LogP contribution is 2.42. The highest BCUT2D eigenvalue weighted by Gasteiger charge is 2.48. The van der Waals surface area contributed by atoms with Crippen molar-refractivity contribution in [2.75, 3.05) is 13.1 Å². The average Bonchev–Trinajstić information content (AvgIpc) is 2.85. The molecule has 1 N–H and O–H groups in total. The first-order valence-electron chi connectivity index (χ1n) is 5.93. The number of halogens is 1. The van der Waals surface area contributed by atoms with Crippen molar-refractivity contribution in [3.05, 3.63) is 34.3 Å². The highest BCUT2D eigenvalue weighted by molar-refractivity contribution is 9.10. The summed E-state index contributed by atoms with van der Waals surface area (Å²) in [5.74, 6) is 0. The van der Waals surface area contributed by atoms with Crippen molar-refractivity contribution < 1.29 is 5.11 Å². The quantitative estimate of drug-likeness (QED) is 0.855. The molecule has 0 aromatic heterocycles. The zero-order valence-electron chi connectivity index (χ0n) is 9.19. The minimum atomic E-state index is -0.614. The van der Waals surface area contributed by atoms with E-state index in [0.717, 1.165) is 36.0 Å². The molecule has 0 amide bonds. The van der Waals surface area contributed by atoms with Crippen LogP contribution in [0.25, 0.3) is 0 Å². The van der Waals surface area contributed by atoms with Gasteiger partial charge in [0, 0.05) is 17.1 Å². The van der Waals surface area contributed by atoms with Gasteiger partial charge in [0.05, 0.1) is 0 Å². The maximum absolute atomic E-state index is 10.9. The summed E-state index contributed by atoms with van der Waals surface area (Å²) in [6, 6.07) is 8.47. The number of nitrogens with zero attached hydrogens (tertiary/aromatic N) is 1. The maximum Gasteiger partial charge on any atom is 0.106 e. The van der Waals surface area contributed by atoms with E-state index in [0.29, 0.717) is 6.04 Å². The van der Waals surface area contributed by atoms with Gasteiger partial charge in [0.2, 0.25) is 0 Å². The Hall–Kier alpha value is -0.380. The molecule has 0 saturated carbocycles. The number of benzene rings is 1. The number of fused-ring (bicyclic) bond motifs is 1. The second-order valence-corrected chi connectivity index (χ2v) is 5.79. The predicted octanol–water partition coefficient (Wildman–Crippen LogP) is 2.50. The zero-order chi connectivity index (χ0) is 11.2. The van der Waals surface area contributed by atoms with E-state index in [4.69, 9.17) is 0 Å². The van der Waals surface area contributed by atoms with Crippen molar-refractivity contribution in [2.24, 2.45) is 0 Å². The molecule has 0 aliphatic carbocycles. The summed E-state index contributed by atoms with van der Waals surface area (Å²) < 4.78 is 1.07. The molecule has 2 aliphatic rings. The molecule has 2 saturated heterocycles. The van der Waals surface area contributed by atoms with Crippen LogP contribution in [0.1, 0.15) is 24.8 Å². The molecule has 3 heteroatoms. The lowest BCUT2D eigenvalue weighted by Crippen LogP contribution is -2.38. The van der Waals surface area contributed by atoms with Crippen molar-refractivity contribution in [1.29, 1.82) is 0 Å². The summed E-state index contributed by atoms with van der Waals surface area (Å²) in [4.78, 5) is 2.43. The Morgan fingerprint density at radius 1 is 1.25 bits per heavy atom. The molecule has 0 spiro atoms. The lowest BCUT2D eigenvalue weighted by Gasteiger charge is -2.30. The second kappa shape index (κ2) is 3.83. The van der Waals surface area contributed by atoms with Crippen LogP contribution in [-0.2, 0) is 5.60 Å². The van der Waals surface area contributed by atoms with E-state index >= 15 is 0 Å². The molecule has 2 atom stereocenters. The van der Waals surface area contributed by atoms with E-state index in [1.165, 1.54) is 6.42 Å². The number of hydrogen-bond donors (Lipinski definition) is 1. The molecule has 3 rings (SSSR count). The molecule has 1 unspecified atom stereocenters. The Balaban J connectivity index is 1.95. The molecule has 86 valence electrons. The largest absolute Gasteiger partial charge is 0.383 e. The van der Waals surface area contributed by atoms with E-state index in [-0.39, 0.29) is 0 Å². The van der Waals surface area contributed by atoms with E-state index in [1.807, 2.05) is 24.3 Å². The third-order valence-electron chi connectivity index (χ3n) is 4.04. The van der Waals surface area contributed by atoms with Crippen molar-refractivity contribution in [3.8, 4) is 0 Å². The van der Waals surface area contributed by atoms with Crippen molar-refractivity contribution >= 4 is 15.9 Å². The summed E-state index contributed by atoms with van der Waals surface area (Å²) in [6.07, 6.45) is 3.23. The molecule has 2 heterocycles. The Morgan fingerprint density at radius 3 is 2.75 bits per heavy atom. The minimum absolute atomic E-state index is 0.341. The minimum Gasteiger partial charge on any atom is -0.383 e. The Labute approximate surface area is 104 Å². The van der Waals surface area contributed by atoms with Crippen molar-refractivity contribution in [2.45, 2.75) is 30.9 Å². The van der Waals surface area contributed by atoms with E-state index in [2.05, 4.69) is 20.8 Å². The standard InChI is InChI=1S/C13H16BrNO/c14-11-5-3-10(4-6-11)13(16)7-9-15-8-1-2-12(13)15/h3-6,12,16H,1-2,7-9H2/t12?,13-/m0/s1. The van der Waals surface area contributed by atoms with Crippen LogP contribution in [0.15, 0.2) is 28.7 Å². The van der Waals surface area contributed by atoms with Gasteiger partial charge >= 0.3 is 0 Å². The summed E-state index contributed by atoms with van der Waals surface area (Å²) in [5.41, 5.74) is 0.460. The monoisotopic (exact) mass is 281 g/mol. The third-order valence-corrected chi connectivity index (χ3v) is 4.57. The molecular formula is C13H16BrNO. The van der Waals surface area contributed by atoms with Gasteiger partial charge in [0.15, 0.2) is 0 Å². The number of rotatable bonds is 1. The average molecular weight is 282 g/mol. The van der Waals surface area contributed by atoms with Crippen LogP contribution in [0.3, 0.4) is 0 Å². The first kappa shape index (κ1) is 10.8. The van der Waals surface area contributed by atoms with E-state index in [9.17, 15) is 5.11 Å². The zero-order valence-corrected chi connectivity index (χ0v) is 10.8. The summed E-state index contributed by atoms with van der Waals surface area (Å²) in [7, 11) is 0. The van der Waals surface area contributed by atoms with Gasteiger partial charge in [-0.25, -0.2) is 0 Å². The van der Waals surface area contributed by atoms with Crippen molar-refractivity contribution in [3.63, 3.8) is 0 Å². The van der Waals surface area contributed by atoms with Crippen LogP contribution in [-0.4, -0.2) is 29.1 Å². The van der Waals surface area contributed by atoms with Gasteiger partial charge in [-0.15, -0.1) is 0 Å². The van der Waals surface area contributed by atoms with Gasteiger partial charge in [0.25, 0.3) is 0 Å². The van der Waals surface area contributed by atoms with Crippen LogP contribution in [0.5, 0.6) is 0 Å². The molecule has 2 fully saturated rings. The lowest BCUT2D eigenvalue weighted by atomic mass is 9.85. The van der Waals surface area contributed by atoms with Gasteiger partial charge in [-0.2, -0.15) is 0 Å². The van der Waals surface area contributed by atoms with E-state index < -0.39 is 5.60 Å². The Bertz CT molecular complexity index is 391. The third kappa shape index (κ3) is 1.53. The Kier molecular flexibility index (Phi) is 2.57. The lowest BCUT2D eigenvalue weighted by molar-refractivity contribution is 0.00937. The molecule has 1 aromatic rings. The summed E-state index contributed by atoms with van der Waals surface area (Å²) in [6.45, 7) is 2.20. The van der Waals surface area contributed by atoms with Crippen LogP contribution >= 0.6 is 15.9 Å². The molecule has 0 bridgehead atoms. The maximum atomic E-state index is 10.9. The summed E-state index contributed by atoms with van der Waals surface area (Å²) in [5, 5.41) is 10.9. The van der Waals surface area contributed by atoms with Crippen LogP contribution in [0, 0.1) is 0 Å². The highest BCUT2D eigenvalue weighted by atomic mass is 79.9. The fourth-order valence-corrected chi connectivity index (χ4v) is 3.45. The van der Waals surface area contributed by atoms with Gasteiger partial charge < -0.3 is 5.11 Å². The fraction of sp³-hybridized carbons (Fsp3) is 0.538. The van der Waals surface area contributed by atoms with Gasteiger partial charge in [0.1, 0.15) is 5.60 Å². The molecule has 2 nitrogen and oxygen atoms in total. The SMILES string of the molecule is O[C@]1(c2ccc(Br)cc2)CCN2CCCC21. The van der Waals surface area contributed by atoms with Crippen LogP contribution < -0.4 is 0 Å². The second-order valence-electron chi connectivity index (χ2n) is 4.88. The van der Waals surface area contributed by atoms with Crippen LogP contribution in [0.4, 0.5) is 0 Å². The first-order chi connectivity index (χ1) is 7.70.